The average Bonchev–Trinajstić information content (AvgIpc) is 3.07. The number of hydrogen-bond acceptors (Lipinski definition) is 3. The highest BCUT2D eigenvalue weighted by Crippen LogP contribution is 2.44. The summed E-state index contributed by atoms with van der Waals surface area (Å²) in [6, 6.07) is 13.6. The molecule has 2 aromatic rings. The van der Waals surface area contributed by atoms with E-state index in [1.54, 1.807) is 19.1 Å². The lowest BCUT2D eigenvalue weighted by molar-refractivity contribution is -0.112. The van der Waals surface area contributed by atoms with Crippen LogP contribution in [0.15, 0.2) is 42.5 Å². The minimum absolute atomic E-state index is 0.0463. The molecule has 0 spiro atoms. The molecule has 0 atom stereocenters. The largest absolute Gasteiger partial charge is 0.497 e. The molecular weight excluding hydrogens is 278 g/mol. The van der Waals surface area contributed by atoms with Crippen molar-refractivity contribution in [1.29, 1.82) is 0 Å². The Bertz CT molecular complexity index is 823. The molecular formula is C18H15NO3. The highest BCUT2D eigenvalue weighted by molar-refractivity contribution is 6.37. The van der Waals surface area contributed by atoms with Crippen molar-refractivity contribution in [3.05, 3.63) is 59.2 Å². The van der Waals surface area contributed by atoms with Crippen LogP contribution in [0.5, 0.6) is 5.75 Å². The lowest BCUT2D eigenvalue weighted by atomic mass is 10.0. The van der Waals surface area contributed by atoms with Crippen LogP contribution in [0.3, 0.4) is 0 Å². The zero-order valence-electron chi connectivity index (χ0n) is 12.4. The third-order valence-corrected chi connectivity index (χ3v) is 4.21. The fourth-order valence-corrected chi connectivity index (χ4v) is 3.05. The van der Waals surface area contributed by atoms with Crippen LogP contribution >= 0.6 is 0 Å². The highest BCUT2D eigenvalue weighted by atomic mass is 16.5. The molecule has 0 radical (unpaired) electrons. The number of ether oxygens (including phenoxy) is 2. The molecule has 22 heavy (non-hydrogen) atoms. The first kappa shape index (κ1) is 13.0. The Kier molecular flexibility index (Phi) is 2.73. The fourth-order valence-electron chi connectivity index (χ4n) is 3.05. The molecule has 0 saturated carbocycles. The highest BCUT2D eigenvalue weighted by Gasteiger charge is 2.36. The number of hydrogen-bond donors (Lipinski definition) is 0. The number of fused-ring (bicyclic) bond motifs is 2. The number of methoxy groups -OCH3 is 1. The van der Waals surface area contributed by atoms with Gasteiger partial charge < -0.3 is 14.4 Å². The summed E-state index contributed by atoms with van der Waals surface area (Å²) in [6.07, 6.45) is 0. The van der Waals surface area contributed by atoms with E-state index < -0.39 is 0 Å². The van der Waals surface area contributed by atoms with Crippen LogP contribution in [0.25, 0.3) is 11.3 Å². The molecule has 2 aliphatic rings. The topological polar surface area (TPSA) is 38.8 Å². The van der Waals surface area contributed by atoms with Gasteiger partial charge in [-0.2, -0.15) is 0 Å². The Labute approximate surface area is 128 Å². The lowest BCUT2D eigenvalue weighted by Gasteiger charge is -2.09. The summed E-state index contributed by atoms with van der Waals surface area (Å²) >= 11 is 0. The van der Waals surface area contributed by atoms with E-state index in [4.69, 9.17) is 9.47 Å². The number of amides is 1. The van der Waals surface area contributed by atoms with Gasteiger partial charge in [0, 0.05) is 23.7 Å². The van der Waals surface area contributed by atoms with Crippen LogP contribution in [-0.4, -0.2) is 20.1 Å². The van der Waals surface area contributed by atoms with Crippen molar-refractivity contribution in [3.63, 3.8) is 0 Å². The summed E-state index contributed by atoms with van der Waals surface area (Å²) in [5, 5.41) is 0. The van der Waals surface area contributed by atoms with Crippen LogP contribution in [0.1, 0.15) is 16.7 Å². The Hall–Kier alpha value is -2.75. The Morgan fingerprint density at radius 1 is 1.14 bits per heavy atom. The van der Waals surface area contributed by atoms with Crippen molar-refractivity contribution < 1.29 is 14.3 Å². The summed E-state index contributed by atoms with van der Waals surface area (Å²) in [6.45, 7) is 0.505. The number of carbonyl (C=O) groups excluding carboxylic acids is 1. The number of rotatable bonds is 1. The molecule has 110 valence electrons. The summed E-state index contributed by atoms with van der Waals surface area (Å²) < 4.78 is 11.1. The van der Waals surface area contributed by atoms with E-state index in [1.807, 2.05) is 42.5 Å². The SMILES string of the molecule is COc1ccc2c(c1)/C(=C1\OCc3ccccc31)C(=O)N2C. The molecule has 4 heteroatoms. The van der Waals surface area contributed by atoms with E-state index in [2.05, 4.69) is 0 Å². The fraction of sp³-hybridized carbons (Fsp3) is 0.167. The van der Waals surface area contributed by atoms with Gasteiger partial charge in [0.15, 0.2) is 0 Å². The van der Waals surface area contributed by atoms with E-state index in [0.717, 1.165) is 28.1 Å². The molecule has 0 aliphatic carbocycles. The second-order valence-corrected chi connectivity index (χ2v) is 5.40. The van der Waals surface area contributed by atoms with Gasteiger partial charge in [0.1, 0.15) is 18.1 Å². The van der Waals surface area contributed by atoms with E-state index in [0.29, 0.717) is 17.9 Å². The second kappa shape index (κ2) is 4.63. The predicted molar refractivity (Wildman–Crippen MR) is 84.4 cm³/mol. The van der Waals surface area contributed by atoms with Gasteiger partial charge in [-0.3, -0.25) is 4.79 Å². The second-order valence-electron chi connectivity index (χ2n) is 5.40. The van der Waals surface area contributed by atoms with Crippen molar-refractivity contribution in [2.75, 3.05) is 19.1 Å². The van der Waals surface area contributed by atoms with E-state index >= 15 is 0 Å². The van der Waals surface area contributed by atoms with Crippen molar-refractivity contribution in [1.82, 2.24) is 0 Å². The zero-order valence-corrected chi connectivity index (χ0v) is 12.4. The number of likely N-dealkylation sites (N-methyl/N-ethyl adjacent to an activating group) is 1. The number of benzene rings is 2. The Morgan fingerprint density at radius 2 is 1.95 bits per heavy atom. The molecule has 0 unspecified atom stereocenters. The standard InChI is InChI=1S/C18H15NO3/c1-19-15-8-7-12(21-2)9-14(15)16(18(19)20)17-13-6-4-3-5-11(13)10-22-17/h3-9H,10H2,1-2H3/b17-16+. The summed E-state index contributed by atoms with van der Waals surface area (Å²) in [5.74, 6) is 1.35. The van der Waals surface area contributed by atoms with Gasteiger partial charge in [0.05, 0.1) is 18.4 Å². The van der Waals surface area contributed by atoms with Crippen molar-refractivity contribution in [3.8, 4) is 5.75 Å². The number of carbonyl (C=O) groups is 1. The molecule has 0 bridgehead atoms. The van der Waals surface area contributed by atoms with Crippen LogP contribution in [0.4, 0.5) is 5.69 Å². The maximum Gasteiger partial charge on any atom is 0.262 e. The lowest BCUT2D eigenvalue weighted by Crippen LogP contribution is -2.20. The minimum Gasteiger partial charge on any atom is -0.497 e. The minimum atomic E-state index is -0.0463. The Morgan fingerprint density at radius 3 is 2.77 bits per heavy atom. The van der Waals surface area contributed by atoms with E-state index in [1.165, 1.54) is 0 Å². The predicted octanol–water partition coefficient (Wildman–Crippen LogP) is 3.07. The van der Waals surface area contributed by atoms with Crippen molar-refractivity contribution in [2.45, 2.75) is 6.61 Å². The van der Waals surface area contributed by atoms with Gasteiger partial charge in [-0.15, -0.1) is 0 Å². The van der Waals surface area contributed by atoms with Crippen LogP contribution in [0, 0.1) is 0 Å². The molecule has 0 saturated heterocycles. The third-order valence-electron chi connectivity index (χ3n) is 4.21. The maximum absolute atomic E-state index is 12.7. The van der Waals surface area contributed by atoms with Gasteiger partial charge in [-0.1, -0.05) is 24.3 Å². The third kappa shape index (κ3) is 1.67. The summed E-state index contributed by atoms with van der Waals surface area (Å²) in [4.78, 5) is 14.4. The first-order valence-electron chi connectivity index (χ1n) is 7.12. The Balaban J connectivity index is 1.98. The first-order chi connectivity index (χ1) is 10.7. The monoisotopic (exact) mass is 293 g/mol. The summed E-state index contributed by atoms with van der Waals surface area (Å²) in [5.41, 5.74) is 4.45. The van der Waals surface area contributed by atoms with E-state index in [9.17, 15) is 4.79 Å². The van der Waals surface area contributed by atoms with Gasteiger partial charge >= 0.3 is 0 Å². The molecule has 0 fully saturated rings. The van der Waals surface area contributed by atoms with Crippen molar-refractivity contribution >= 4 is 22.9 Å². The summed E-state index contributed by atoms with van der Waals surface area (Å²) in [7, 11) is 3.40. The van der Waals surface area contributed by atoms with Crippen LogP contribution in [-0.2, 0) is 16.1 Å². The average molecular weight is 293 g/mol. The molecule has 0 aromatic heterocycles. The van der Waals surface area contributed by atoms with Gasteiger partial charge in [0.25, 0.3) is 5.91 Å². The number of nitrogens with zero attached hydrogens (tertiary/aromatic N) is 1. The smallest absolute Gasteiger partial charge is 0.262 e. The van der Waals surface area contributed by atoms with E-state index in [-0.39, 0.29) is 5.91 Å². The molecule has 2 aliphatic heterocycles. The van der Waals surface area contributed by atoms with Gasteiger partial charge in [0.2, 0.25) is 0 Å². The van der Waals surface area contributed by atoms with Crippen LogP contribution < -0.4 is 9.64 Å². The molecule has 1 amide bonds. The maximum atomic E-state index is 12.7. The molecule has 2 heterocycles. The van der Waals surface area contributed by atoms with Gasteiger partial charge in [-0.25, -0.2) is 0 Å². The first-order valence-corrected chi connectivity index (χ1v) is 7.12. The molecule has 4 rings (SSSR count). The molecule has 2 aromatic carbocycles. The zero-order chi connectivity index (χ0) is 15.3. The molecule has 4 nitrogen and oxygen atoms in total. The molecule has 0 N–H and O–H groups in total. The van der Waals surface area contributed by atoms with Crippen LogP contribution in [0.2, 0.25) is 0 Å². The number of anilines is 1. The van der Waals surface area contributed by atoms with Crippen molar-refractivity contribution in [2.24, 2.45) is 0 Å². The van der Waals surface area contributed by atoms with Gasteiger partial charge in [-0.05, 0) is 18.2 Å². The normalized spacial score (nSPS) is 19.0. The quantitative estimate of drug-likeness (QED) is 0.759.